The second-order valence-corrected chi connectivity index (χ2v) is 5.75. The van der Waals surface area contributed by atoms with Crippen LogP contribution in [0.5, 0.6) is 5.75 Å². The van der Waals surface area contributed by atoms with E-state index in [4.69, 9.17) is 0 Å². The van der Waals surface area contributed by atoms with Gasteiger partial charge in [-0.2, -0.15) is 11.8 Å². The highest BCUT2D eigenvalue weighted by molar-refractivity contribution is 7.99. The molecule has 1 aromatic rings. The first kappa shape index (κ1) is 12.4. The molecule has 0 aromatic heterocycles. The highest BCUT2D eigenvalue weighted by Gasteiger charge is 2.14. The molecule has 1 rings (SSSR count). The Morgan fingerprint density at radius 2 is 2.13 bits per heavy atom. The number of phenolic OH excluding ortho intramolecular Hbond substituents is 1. The van der Waals surface area contributed by atoms with E-state index < -0.39 is 0 Å². The lowest BCUT2D eigenvalue weighted by atomic mass is 10.2. The molecule has 0 saturated heterocycles. The smallest absolute Gasteiger partial charge is 0.115 e. The van der Waals surface area contributed by atoms with Crippen LogP contribution >= 0.6 is 11.8 Å². The van der Waals surface area contributed by atoms with E-state index in [2.05, 4.69) is 25.4 Å². The molecule has 0 bridgehead atoms. The van der Waals surface area contributed by atoms with E-state index in [1.807, 2.05) is 23.9 Å². The first-order valence-corrected chi connectivity index (χ1v) is 6.30. The van der Waals surface area contributed by atoms with Crippen molar-refractivity contribution in [3.63, 3.8) is 0 Å². The summed E-state index contributed by atoms with van der Waals surface area (Å²) in [7, 11) is 0. The summed E-state index contributed by atoms with van der Waals surface area (Å²) in [6, 6.07) is 7.36. The molecule has 84 valence electrons. The largest absolute Gasteiger partial charge is 0.508 e. The summed E-state index contributed by atoms with van der Waals surface area (Å²) in [4.78, 5) is 0. The van der Waals surface area contributed by atoms with Crippen LogP contribution < -0.4 is 5.32 Å². The summed E-state index contributed by atoms with van der Waals surface area (Å²) in [6.45, 7) is 6.20. The van der Waals surface area contributed by atoms with Crippen LogP contribution in [0.2, 0.25) is 0 Å². The average Bonchev–Trinajstić information content (AvgIpc) is 2.18. The van der Waals surface area contributed by atoms with Gasteiger partial charge in [0.25, 0.3) is 0 Å². The van der Waals surface area contributed by atoms with Gasteiger partial charge < -0.3 is 10.4 Å². The van der Waals surface area contributed by atoms with E-state index in [0.717, 1.165) is 18.7 Å². The minimum Gasteiger partial charge on any atom is -0.508 e. The molecule has 2 nitrogen and oxygen atoms in total. The third-order valence-electron chi connectivity index (χ3n) is 2.34. The van der Waals surface area contributed by atoms with Gasteiger partial charge in [0.15, 0.2) is 0 Å². The monoisotopic (exact) mass is 225 g/mol. The van der Waals surface area contributed by atoms with Crippen LogP contribution in [0.3, 0.4) is 0 Å². The zero-order chi connectivity index (χ0) is 11.3. The first-order valence-electron chi connectivity index (χ1n) is 5.07. The van der Waals surface area contributed by atoms with Crippen molar-refractivity contribution < 1.29 is 5.11 Å². The van der Waals surface area contributed by atoms with Gasteiger partial charge in [0.1, 0.15) is 5.75 Å². The van der Waals surface area contributed by atoms with Crippen molar-refractivity contribution in [2.75, 3.05) is 12.8 Å². The number of rotatable bonds is 5. The van der Waals surface area contributed by atoms with Crippen LogP contribution in [0.15, 0.2) is 24.3 Å². The van der Waals surface area contributed by atoms with Crippen molar-refractivity contribution in [3.8, 4) is 5.75 Å². The molecule has 0 aliphatic heterocycles. The molecule has 0 heterocycles. The number of aromatic hydroxyl groups is 1. The molecular formula is C12H19NOS. The Labute approximate surface area is 96.1 Å². The second kappa shape index (κ2) is 5.42. The lowest BCUT2D eigenvalue weighted by Gasteiger charge is -2.22. The normalized spacial score (nSPS) is 11.7. The molecule has 2 N–H and O–H groups in total. The van der Waals surface area contributed by atoms with Gasteiger partial charge >= 0.3 is 0 Å². The molecule has 0 aliphatic carbocycles. The topological polar surface area (TPSA) is 32.3 Å². The number of benzene rings is 1. The van der Waals surface area contributed by atoms with E-state index in [-0.39, 0.29) is 4.75 Å². The number of phenols is 1. The summed E-state index contributed by atoms with van der Waals surface area (Å²) >= 11 is 1.85. The Morgan fingerprint density at radius 3 is 2.73 bits per heavy atom. The van der Waals surface area contributed by atoms with Crippen molar-refractivity contribution in [2.45, 2.75) is 25.1 Å². The third-order valence-corrected chi connectivity index (χ3v) is 3.59. The number of thioether (sulfide) groups is 1. The van der Waals surface area contributed by atoms with Crippen molar-refractivity contribution >= 4 is 11.8 Å². The van der Waals surface area contributed by atoms with E-state index in [1.165, 1.54) is 0 Å². The summed E-state index contributed by atoms with van der Waals surface area (Å²) < 4.78 is 0.261. The molecule has 0 spiro atoms. The standard InChI is InChI=1S/C12H19NOS/c1-12(2,15-3)9-13-8-10-5-4-6-11(14)7-10/h4-7,13-14H,8-9H2,1-3H3. The molecule has 0 amide bonds. The summed E-state index contributed by atoms with van der Waals surface area (Å²) in [6.07, 6.45) is 2.12. The maximum atomic E-state index is 9.29. The first-order chi connectivity index (χ1) is 7.03. The van der Waals surface area contributed by atoms with E-state index in [1.54, 1.807) is 12.1 Å². The predicted octanol–water partition coefficient (Wildman–Crippen LogP) is 2.62. The molecule has 0 fully saturated rings. The minimum atomic E-state index is 0.261. The van der Waals surface area contributed by atoms with Crippen LogP contribution in [-0.2, 0) is 6.54 Å². The molecule has 0 aliphatic rings. The summed E-state index contributed by atoms with van der Waals surface area (Å²) in [5.74, 6) is 0.332. The summed E-state index contributed by atoms with van der Waals surface area (Å²) in [5, 5.41) is 12.7. The van der Waals surface area contributed by atoms with Gasteiger partial charge in [-0.15, -0.1) is 0 Å². The van der Waals surface area contributed by atoms with Crippen molar-refractivity contribution in [2.24, 2.45) is 0 Å². The fourth-order valence-corrected chi connectivity index (χ4v) is 1.49. The fourth-order valence-electron chi connectivity index (χ4n) is 1.25. The van der Waals surface area contributed by atoms with Crippen molar-refractivity contribution in [3.05, 3.63) is 29.8 Å². The number of hydrogen-bond acceptors (Lipinski definition) is 3. The zero-order valence-electron chi connectivity index (χ0n) is 9.58. The van der Waals surface area contributed by atoms with Crippen molar-refractivity contribution in [1.82, 2.24) is 5.32 Å². The Morgan fingerprint density at radius 1 is 1.40 bits per heavy atom. The van der Waals surface area contributed by atoms with Gasteiger partial charge in [-0.05, 0) is 37.8 Å². The van der Waals surface area contributed by atoms with E-state index in [9.17, 15) is 5.11 Å². The molecule has 3 heteroatoms. The maximum absolute atomic E-state index is 9.29. The van der Waals surface area contributed by atoms with Gasteiger partial charge in [-0.3, -0.25) is 0 Å². The zero-order valence-corrected chi connectivity index (χ0v) is 10.4. The minimum absolute atomic E-state index is 0.261. The van der Waals surface area contributed by atoms with E-state index in [0.29, 0.717) is 5.75 Å². The molecule has 0 unspecified atom stereocenters. The summed E-state index contributed by atoms with van der Waals surface area (Å²) in [5.41, 5.74) is 1.12. The van der Waals surface area contributed by atoms with Gasteiger partial charge in [0.05, 0.1) is 0 Å². The molecule has 0 saturated carbocycles. The third kappa shape index (κ3) is 4.58. The lowest BCUT2D eigenvalue weighted by molar-refractivity contribution is 0.474. The van der Waals surface area contributed by atoms with Crippen LogP contribution in [0.1, 0.15) is 19.4 Å². The molecule has 15 heavy (non-hydrogen) atoms. The number of hydrogen-bond donors (Lipinski definition) is 2. The average molecular weight is 225 g/mol. The van der Waals surface area contributed by atoms with Gasteiger partial charge in [0.2, 0.25) is 0 Å². The Kier molecular flexibility index (Phi) is 4.48. The SMILES string of the molecule is CSC(C)(C)CNCc1cccc(O)c1. The highest BCUT2D eigenvalue weighted by Crippen LogP contribution is 2.19. The molecular weight excluding hydrogens is 206 g/mol. The fraction of sp³-hybridized carbons (Fsp3) is 0.500. The second-order valence-electron chi connectivity index (χ2n) is 4.24. The van der Waals surface area contributed by atoms with Gasteiger partial charge in [-0.1, -0.05) is 12.1 Å². The quantitative estimate of drug-likeness (QED) is 0.808. The molecule has 0 radical (unpaired) electrons. The Balaban J connectivity index is 2.38. The van der Waals surface area contributed by atoms with Gasteiger partial charge in [-0.25, -0.2) is 0 Å². The Bertz CT molecular complexity index is 312. The molecule has 0 atom stereocenters. The Hall–Kier alpha value is -0.670. The van der Waals surface area contributed by atoms with Gasteiger partial charge in [0, 0.05) is 17.8 Å². The van der Waals surface area contributed by atoms with Crippen LogP contribution in [0, 0.1) is 0 Å². The highest BCUT2D eigenvalue weighted by atomic mass is 32.2. The number of nitrogens with one attached hydrogen (secondary N) is 1. The lowest BCUT2D eigenvalue weighted by Crippen LogP contribution is -2.31. The van der Waals surface area contributed by atoms with Crippen LogP contribution in [-0.4, -0.2) is 22.7 Å². The van der Waals surface area contributed by atoms with Crippen LogP contribution in [0.4, 0.5) is 0 Å². The maximum Gasteiger partial charge on any atom is 0.115 e. The van der Waals surface area contributed by atoms with E-state index >= 15 is 0 Å². The van der Waals surface area contributed by atoms with Crippen molar-refractivity contribution in [1.29, 1.82) is 0 Å². The predicted molar refractivity (Wildman–Crippen MR) is 67.4 cm³/mol. The molecule has 1 aromatic carbocycles. The van der Waals surface area contributed by atoms with Crippen LogP contribution in [0.25, 0.3) is 0 Å².